The minimum Gasteiger partial charge on any atom is -0.488 e. The first kappa shape index (κ1) is 16.2. The lowest BCUT2D eigenvalue weighted by Crippen LogP contribution is -2.23. The second-order valence-corrected chi connectivity index (χ2v) is 6.32. The Kier molecular flexibility index (Phi) is 5.54. The number of carboxylic acids is 1. The fraction of sp³-hybridized carbons (Fsp3) is 0.438. The molecule has 0 bridgehead atoms. The second-order valence-electron chi connectivity index (χ2n) is 5.48. The van der Waals surface area contributed by atoms with Gasteiger partial charge in [0.25, 0.3) is 0 Å². The zero-order chi connectivity index (χ0) is 15.4. The maximum Gasteiger partial charge on any atom is 0.328 e. The van der Waals surface area contributed by atoms with Gasteiger partial charge in [-0.2, -0.15) is 0 Å². The van der Waals surface area contributed by atoms with Crippen LogP contribution in [0.25, 0.3) is 6.08 Å². The Balaban J connectivity index is 2.22. The quantitative estimate of drug-likeness (QED) is 0.787. The number of benzene rings is 1. The molecular formula is C16H18Cl2O3. The Morgan fingerprint density at radius 3 is 2.57 bits per heavy atom. The van der Waals surface area contributed by atoms with Gasteiger partial charge in [0.1, 0.15) is 5.75 Å². The molecule has 0 heterocycles. The molecule has 0 aromatic heterocycles. The van der Waals surface area contributed by atoms with Gasteiger partial charge >= 0.3 is 5.97 Å². The monoisotopic (exact) mass is 328 g/mol. The highest BCUT2D eigenvalue weighted by molar-refractivity contribution is 6.35. The predicted octanol–water partition coefficient (Wildman–Crippen LogP) is 5.05. The number of halogens is 2. The van der Waals surface area contributed by atoms with Crippen molar-refractivity contribution >= 4 is 35.2 Å². The molecule has 0 atom stereocenters. The summed E-state index contributed by atoms with van der Waals surface area (Å²) in [5, 5.41) is 9.62. The van der Waals surface area contributed by atoms with Crippen LogP contribution in [-0.2, 0) is 4.79 Å². The van der Waals surface area contributed by atoms with Crippen molar-refractivity contribution in [1.82, 2.24) is 0 Å². The van der Waals surface area contributed by atoms with Crippen molar-refractivity contribution in [3.8, 4) is 5.75 Å². The number of rotatable bonds is 4. The van der Waals surface area contributed by atoms with E-state index < -0.39 is 5.97 Å². The van der Waals surface area contributed by atoms with Crippen LogP contribution in [-0.4, -0.2) is 17.2 Å². The van der Waals surface area contributed by atoms with E-state index in [4.69, 9.17) is 33.0 Å². The number of carbonyl (C=O) groups is 1. The van der Waals surface area contributed by atoms with E-state index in [1.807, 2.05) is 0 Å². The zero-order valence-electron chi connectivity index (χ0n) is 11.8. The Hall–Kier alpha value is -1.19. The van der Waals surface area contributed by atoms with Gasteiger partial charge < -0.3 is 9.84 Å². The summed E-state index contributed by atoms with van der Waals surface area (Å²) in [6, 6.07) is 3.27. The molecular weight excluding hydrogens is 311 g/mol. The van der Waals surface area contributed by atoms with Gasteiger partial charge in [0.05, 0.1) is 11.1 Å². The van der Waals surface area contributed by atoms with E-state index >= 15 is 0 Å². The SMILES string of the molecule is CC1CCC(Oc2c(Cl)cc(Cl)cc2C=CC(=O)O)CC1. The molecule has 1 aromatic rings. The van der Waals surface area contributed by atoms with Crippen LogP contribution in [0, 0.1) is 5.92 Å². The van der Waals surface area contributed by atoms with E-state index in [0.717, 1.165) is 37.7 Å². The van der Waals surface area contributed by atoms with Gasteiger partial charge in [-0.05, 0) is 49.8 Å². The Bertz CT molecular complexity index is 547. The standard InChI is InChI=1S/C16H18Cl2O3/c1-10-2-5-13(6-3-10)21-16-11(4-7-15(19)20)8-12(17)9-14(16)18/h4,7-10,13H,2-3,5-6H2,1H3,(H,19,20). The lowest BCUT2D eigenvalue weighted by Gasteiger charge is -2.28. The van der Waals surface area contributed by atoms with E-state index in [1.165, 1.54) is 6.08 Å². The van der Waals surface area contributed by atoms with Gasteiger partial charge in [0, 0.05) is 16.7 Å². The number of ether oxygens (including phenoxy) is 1. The zero-order valence-corrected chi connectivity index (χ0v) is 13.3. The average Bonchev–Trinajstić information content (AvgIpc) is 2.42. The third-order valence-corrected chi connectivity index (χ3v) is 4.19. The molecule has 3 nitrogen and oxygen atoms in total. The van der Waals surface area contributed by atoms with Crippen molar-refractivity contribution in [3.05, 3.63) is 33.8 Å². The first-order valence-corrected chi connectivity index (χ1v) is 7.78. The molecule has 1 fully saturated rings. The minimum atomic E-state index is -1.02. The number of hydrogen-bond donors (Lipinski definition) is 1. The van der Waals surface area contributed by atoms with E-state index in [9.17, 15) is 4.79 Å². The highest BCUT2D eigenvalue weighted by atomic mass is 35.5. The molecule has 1 aliphatic carbocycles. The summed E-state index contributed by atoms with van der Waals surface area (Å²) in [6.45, 7) is 2.24. The van der Waals surface area contributed by atoms with Crippen molar-refractivity contribution in [2.75, 3.05) is 0 Å². The molecule has 1 aromatic carbocycles. The van der Waals surface area contributed by atoms with E-state index in [2.05, 4.69) is 6.92 Å². The fourth-order valence-corrected chi connectivity index (χ4v) is 3.06. The summed E-state index contributed by atoms with van der Waals surface area (Å²) in [7, 11) is 0. The van der Waals surface area contributed by atoms with Crippen molar-refractivity contribution in [1.29, 1.82) is 0 Å². The van der Waals surface area contributed by atoms with E-state index in [1.54, 1.807) is 12.1 Å². The molecule has 21 heavy (non-hydrogen) atoms. The molecule has 5 heteroatoms. The molecule has 0 radical (unpaired) electrons. The summed E-state index contributed by atoms with van der Waals surface area (Å²) < 4.78 is 6.02. The fourth-order valence-electron chi connectivity index (χ4n) is 2.50. The van der Waals surface area contributed by atoms with Gasteiger partial charge in [-0.3, -0.25) is 0 Å². The maximum absolute atomic E-state index is 10.7. The van der Waals surface area contributed by atoms with Crippen LogP contribution in [0.4, 0.5) is 0 Å². The normalized spacial score (nSPS) is 22.4. The number of carboxylic acid groups (broad SMARTS) is 1. The van der Waals surface area contributed by atoms with Crippen molar-refractivity contribution in [2.24, 2.45) is 5.92 Å². The van der Waals surface area contributed by atoms with Crippen molar-refractivity contribution in [2.45, 2.75) is 38.7 Å². The molecule has 2 rings (SSSR count). The average molecular weight is 329 g/mol. The van der Waals surface area contributed by atoms with Crippen molar-refractivity contribution in [3.63, 3.8) is 0 Å². The smallest absolute Gasteiger partial charge is 0.328 e. The van der Waals surface area contributed by atoms with Crippen LogP contribution < -0.4 is 4.74 Å². The van der Waals surface area contributed by atoms with Crippen molar-refractivity contribution < 1.29 is 14.6 Å². The molecule has 0 spiro atoms. The van der Waals surface area contributed by atoms with Crippen LogP contribution >= 0.6 is 23.2 Å². The van der Waals surface area contributed by atoms with Gasteiger partial charge in [0.15, 0.2) is 0 Å². The molecule has 0 unspecified atom stereocenters. The lowest BCUT2D eigenvalue weighted by atomic mass is 9.89. The van der Waals surface area contributed by atoms with Crippen LogP contribution in [0.15, 0.2) is 18.2 Å². The maximum atomic E-state index is 10.7. The first-order valence-electron chi connectivity index (χ1n) is 7.02. The molecule has 1 N–H and O–H groups in total. The molecule has 0 amide bonds. The van der Waals surface area contributed by atoms with Gasteiger partial charge in [0.2, 0.25) is 0 Å². The van der Waals surface area contributed by atoms with Crippen LogP contribution in [0.3, 0.4) is 0 Å². The lowest BCUT2D eigenvalue weighted by molar-refractivity contribution is -0.131. The van der Waals surface area contributed by atoms with Gasteiger partial charge in [-0.15, -0.1) is 0 Å². The Morgan fingerprint density at radius 2 is 1.95 bits per heavy atom. The molecule has 1 aliphatic rings. The number of hydrogen-bond acceptors (Lipinski definition) is 2. The number of aliphatic carboxylic acids is 1. The topological polar surface area (TPSA) is 46.5 Å². The molecule has 0 aliphatic heterocycles. The van der Waals surface area contributed by atoms with Crippen LogP contribution in [0.2, 0.25) is 10.0 Å². The highest BCUT2D eigenvalue weighted by Gasteiger charge is 2.21. The predicted molar refractivity (Wildman–Crippen MR) is 85.2 cm³/mol. The minimum absolute atomic E-state index is 0.122. The van der Waals surface area contributed by atoms with E-state index in [0.29, 0.717) is 21.4 Å². The third kappa shape index (κ3) is 4.65. The van der Waals surface area contributed by atoms with Gasteiger partial charge in [-0.25, -0.2) is 4.79 Å². The van der Waals surface area contributed by atoms with Crippen LogP contribution in [0.1, 0.15) is 38.2 Å². The largest absolute Gasteiger partial charge is 0.488 e. The summed E-state index contributed by atoms with van der Waals surface area (Å²) in [5.41, 5.74) is 0.591. The van der Waals surface area contributed by atoms with E-state index in [-0.39, 0.29) is 6.10 Å². The molecule has 114 valence electrons. The summed E-state index contributed by atoms with van der Waals surface area (Å²) in [6.07, 6.45) is 6.88. The Morgan fingerprint density at radius 1 is 1.29 bits per heavy atom. The summed E-state index contributed by atoms with van der Waals surface area (Å²) >= 11 is 12.2. The second kappa shape index (κ2) is 7.19. The first-order chi connectivity index (χ1) is 9.95. The molecule has 1 saturated carbocycles. The third-order valence-electron chi connectivity index (χ3n) is 3.69. The summed E-state index contributed by atoms with van der Waals surface area (Å²) in [4.78, 5) is 10.7. The van der Waals surface area contributed by atoms with Gasteiger partial charge in [-0.1, -0.05) is 30.1 Å². The highest BCUT2D eigenvalue weighted by Crippen LogP contribution is 2.36. The Labute approximate surface area is 134 Å². The van der Waals surface area contributed by atoms with Crippen LogP contribution in [0.5, 0.6) is 5.75 Å². The molecule has 0 saturated heterocycles. The summed E-state index contributed by atoms with van der Waals surface area (Å²) in [5.74, 6) is 0.221.